The summed E-state index contributed by atoms with van der Waals surface area (Å²) in [6, 6.07) is -0.391. The Morgan fingerprint density at radius 2 is 2.00 bits per heavy atom. The molecule has 6 heteroatoms. The third-order valence-electron chi connectivity index (χ3n) is 3.22. The maximum Gasteiger partial charge on any atom is 0.410 e. The van der Waals surface area contributed by atoms with Crippen molar-refractivity contribution in [3.63, 3.8) is 0 Å². The van der Waals surface area contributed by atoms with Gasteiger partial charge in [0.2, 0.25) is 0 Å². The van der Waals surface area contributed by atoms with E-state index in [0.29, 0.717) is 13.0 Å². The summed E-state index contributed by atoms with van der Waals surface area (Å²) >= 11 is 0. The molecule has 1 N–H and O–H groups in total. The number of hydrogen-bond acceptors (Lipinski definition) is 5. The molecule has 6 nitrogen and oxygen atoms in total. The third kappa shape index (κ3) is 5.00. The van der Waals surface area contributed by atoms with Crippen LogP contribution in [0.4, 0.5) is 4.79 Å². The van der Waals surface area contributed by atoms with E-state index in [0.717, 1.165) is 12.8 Å². The van der Waals surface area contributed by atoms with Gasteiger partial charge in [-0.15, -0.1) is 0 Å². The SMILES string of the molecule is COC(=O)C[C@@H](O)C1CCCCN1C(=O)OC(C)(C)C. The van der Waals surface area contributed by atoms with Crippen LogP contribution in [0.2, 0.25) is 0 Å². The highest BCUT2D eigenvalue weighted by Gasteiger charge is 2.35. The van der Waals surface area contributed by atoms with Gasteiger partial charge in [-0.25, -0.2) is 4.79 Å². The summed E-state index contributed by atoms with van der Waals surface area (Å²) in [5.41, 5.74) is -0.577. The van der Waals surface area contributed by atoms with Gasteiger partial charge in [-0.05, 0) is 40.0 Å². The minimum Gasteiger partial charge on any atom is -0.469 e. The molecule has 1 fully saturated rings. The first kappa shape index (κ1) is 16.8. The molecule has 0 aromatic heterocycles. The number of carbonyl (C=O) groups excluding carboxylic acids is 2. The number of ether oxygens (including phenoxy) is 2. The Balaban J connectivity index is 2.70. The van der Waals surface area contributed by atoms with Crippen molar-refractivity contribution in [1.29, 1.82) is 0 Å². The average Bonchev–Trinajstić information content (AvgIpc) is 2.36. The van der Waals surface area contributed by atoms with E-state index in [1.807, 2.05) is 0 Å². The molecular formula is C14H25NO5. The second-order valence-electron chi connectivity index (χ2n) is 6.08. The maximum atomic E-state index is 12.2. The van der Waals surface area contributed by atoms with Crippen LogP contribution in [-0.4, -0.2) is 53.5 Å². The Labute approximate surface area is 120 Å². The minimum atomic E-state index is -0.921. The highest BCUT2D eigenvalue weighted by atomic mass is 16.6. The summed E-state index contributed by atoms with van der Waals surface area (Å²) in [7, 11) is 1.28. The number of aliphatic hydroxyl groups is 1. The van der Waals surface area contributed by atoms with E-state index in [9.17, 15) is 14.7 Å². The number of piperidine rings is 1. The number of nitrogens with zero attached hydrogens (tertiary/aromatic N) is 1. The van der Waals surface area contributed by atoms with Crippen LogP contribution in [0, 0.1) is 0 Å². The smallest absolute Gasteiger partial charge is 0.410 e. The van der Waals surface area contributed by atoms with Crippen LogP contribution in [-0.2, 0) is 14.3 Å². The fourth-order valence-corrected chi connectivity index (χ4v) is 2.29. The Hall–Kier alpha value is -1.30. The zero-order valence-electron chi connectivity index (χ0n) is 12.7. The van der Waals surface area contributed by atoms with Gasteiger partial charge in [0.1, 0.15) is 5.60 Å². The van der Waals surface area contributed by atoms with Crippen molar-refractivity contribution in [2.24, 2.45) is 0 Å². The van der Waals surface area contributed by atoms with E-state index in [-0.39, 0.29) is 6.42 Å². The molecule has 1 heterocycles. The Kier molecular flexibility index (Phi) is 5.80. The van der Waals surface area contributed by atoms with Crippen LogP contribution in [0.3, 0.4) is 0 Å². The van der Waals surface area contributed by atoms with Gasteiger partial charge in [0.25, 0.3) is 0 Å². The Bertz CT molecular complexity index is 350. The van der Waals surface area contributed by atoms with Gasteiger partial charge < -0.3 is 19.5 Å². The molecule has 116 valence electrons. The zero-order valence-corrected chi connectivity index (χ0v) is 12.7. The predicted molar refractivity (Wildman–Crippen MR) is 73.2 cm³/mol. The largest absolute Gasteiger partial charge is 0.469 e. The number of esters is 1. The van der Waals surface area contributed by atoms with Crippen LogP contribution in [0.25, 0.3) is 0 Å². The molecule has 0 aromatic carbocycles. The van der Waals surface area contributed by atoms with Crippen molar-refractivity contribution in [3.8, 4) is 0 Å². The van der Waals surface area contributed by atoms with Crippen molar-refractivity contribution in [2.75, 3.05) is 13.7 Å². The van der Waals surface area contributed by atoms with Gasteiger partial charge in [-0.2, -0.15) is 0 Å². The molecule has 1 rings (SSSR count). The van der Waals surface area contributed by atoms with E-state index in [1.165, 1.54) is 12.0 Å². The van der Waals surface area contributed by atoms with Crippen molar-refractivity contribution in [1.82, 2.24) is 4.90 Å². The predicted octanol–water partition coefficient (Wildman–Crippen LogP) is 1.70. The summed E-state index contributed by atoms with van der Waals surface area (Å²) in [6.45, 7) is 5.94. The fourth-order valence-electron chi connectivity index (χ4n) is 2.29. The van der Waals surface area contributed by atoms with E-state index in [2.05, 4.69) is 4.74 Å². The Morgan fingerprint density at radius 1 is 1.35 bits per heavy atom. The van der Waals surface area contributed by atoms with E-state index in [1.54, 1.807) is 20.8 Å². The number of carbonyl (C=O) groups is 2. The quantitative estimate of drug-likeness (QED) is 0.800. The first-order valence-electron chi connectivity index (χ1n) is 6.99. The lowest BCUT2D eigenvalue weighted by Gasteiger charge is -2.38. The lowest BCUT2D eigenvalue weighted by Crippen LogP contribution is -2.51. The van der Waals surface area contributed by atoms with Gasteiger partial charge in [-0.3, -0.25) is 4.79 Å². The number of rotatable bonds is 3. The van der Waals surface area contributed by atoms with E-state index >= 15 is 0 Å². The minimum absolute atomic E-state index is 0.111. The molecule has 0 aliphatic carbocycles. The average molecular weight is 287 g/mol. The van der Waals surface area contributed by atoms with Crippen molar-refractivity contribution in [2.45, 2.75) is 64.2 Å². The standard InChI is InChI=1S/C14H25NO5/c1-14(2,3)20-13(18)15-8-6-5-7-10(15)11(16)9-12(17)19-4/h10-11,16H,5-9H2,1-4H3/t10?,11-/m1/s1. The van der Waals surface area contributed by atoms with Gasteiger partial charge in [0, 0.05) is 6.54 Å². The molecule has 1 aliphatic rings. The first-order chi connectivity index (χ1) is 9.24. The molecule has 0 saturated carbocycles. The topological polar surface area (TPSA) is 76.1 Å². The summed E-state index contributed by atoms with van der Waals surface area (Å²) < 4.78 is 9.90. The molecule has 1 saturated heterocycles. The fraction of sp³-hybridized carbons (Fsp3) is 0.857. The highest BCUT2D eigenvalue weighted by Crippen LogP contribution is 2.24. The number of aliphatic hydroxyl groups excluding tert-OH is 1. The molecule has 1 unspecified atom stereocenters. The van der Waals surface area contributed by atoms with Gasteiger partial charge in [0.05, 0.1) is 25.7 Å². The lowest BCUT2D eigenvalue weighted by molar-refractivity contribution is -0.144. The highest BCUT2D eigenvalue weighted by molar-refractivity contribution is 5.71. The van der Waals surface area contributed by atoms with Crippen LogP contribution in [0.15, 0.2) is 0 Å². The third-order valence-corrected chi connectivity index (χ3v) is 3.22. The summed E-state index contributed by atoms with van der Waals surface area (Å²) in [5, 5.41) is 10.1. The summed E-state index contributed by atoms with van der Waals surface area (Å²) in [6.07, 6.45) is 0.988. The molecule has 2 atom stereocenters. The monoisotopic (exact) mass is 287 g/mol. The molecule has 1 aliphatic heterocycles. The Morgan fingerprint density at radius 3 is 2.55 bits per heavy atom. The van der Waals surface area contributed by atoms with Crippen LogP contribution >= 0.6 is 0 Å². The van der Waals surface area contributed by atoms with Crippen LogP contribution < -0.4 is 0 Å². The summed E-state index contributed by atoms with van der Waals surface area (Å²) in [5.74, 6) is -0.479. The van der Waals surface area contributed by atoms with Crippen molar-refractivity contribution in [3.05, 3.63) is 0 Å². The normalized spacial score (nSPS) is 21.2. The lowest BCUT2D eigenvalue weighted by atomic mass is 9.96. The van der Waals surface area contributed by atoms with Crippen LogP contribution in [0.1, 0.15) is 46.5 Å². The molecule has 0 spiro atoms. The second kappa shape index (κ2) is 6.92. The van der Waals surface area contributed by atoms with Crippen LogP contribution in [0.5, 0.6) is 0 Å². The first-order valence-corrected chi connectivity index (χ1v) is 6.99. The van der Waals surface area contributed by atoms with E-state index < -0.39 is 29.8 Å². The van der Waals surface area contributed by atoms with E-state index in [4.69, 9.17) is 4.74 Å². The number of hydrogen-bond donors (Lipinski definition) is 1. The number of methoxy groups -OCH3 is 1. The van der Waals surface area contributed by atoms with Crippen molar-refractivity contribution < 1.29 is 24.2 Å². The molecule has 1 amide bonds. The molecule has 20 heavy (non-hydrogen) atoms. The maximum absolute atomic E-state index is 12.2. The molecule has 0 bridgehead atoms. The number of amides is 1. The van der Waals surface area contributed by atoms with Crippen molar-refractivity contribution >= 4 is 12.1 Å². The van der Waals surface area contributed by atoms with Gasteiger partial charge >= 0.3 is 12.1 Å². The molecular weight excluding hydrogens is 262 g/mol. The van der Waals surface area contributed by atoms with Gasteiger partial charge in [-0.1, -0.05) is 0 Å². The number of likely N-dealkylation sites (tertiary alicyclic amines) is 1. The zero-order chi connectivity index (χ0) is 15.3. The van der Waals surface area contributed by atoms with Gasteiger partial charge in [0.15, 0.2) is 0 Å². The molecule has 0 aromatic rings. The summed E-state index contributed by atoms with van der Waals surface area (Å²) in [4.78, 5) is 24.9. The molecule has 0 radical (unpaired) electrons. The second-order valence-corrected chi connectivity index (χ2v) is 6.08.